The summed E-state index contributed by atoms with van der Waals surface area (Å²) in [7, 11) is 0. The van der Waals surface area contributed by atoms with Crippen molar-refractivity contribution >= 4 is 12.0 Å². The van der Waals surface area contributed by atoms with Gasteiger partial charge in [-0.1, -0.05) is 12.1 Å². The third-order valence-corrected chi connectivity index (χ3v) is 2.81. The molecule has 9 heteroatoms. The molecule has 24 heavy (non-hydrogen) atoms. The molecule has 2 N–H and O–H groups in total. The Balaban J connectivity index is 2.41. The molecule has 1 aromatic carbocycles. The van der Waals surface area contributed by atoms with E-state index in [2.05, 4.69) is 10.1 Å². The van der Waals surface area contributed by atoms with Crippen LogP contribution in [-0.2, 0) is 9.53 Å². The van der Waals surface area contributed by atoms with Crippen molar-refractivity contribution in [3.05, 3.63) is 29.8 Å². The van der Waals surface area contributed by atoms with E-state index >= 15 is 0 Å². The number of amides is 2. The SMILES string of the molecule is CCOc1cccc(C(C)NC(=O)CNC(=O)OCC(F)(F)F)c1. The second-order valence-electron chi connectivity index (χ2n) is 4.84. The summed E-state index contributed by atoms with van der Waals surface area (Å²) in [4.78, 5) is 22.7. The van der Waals surface area contributed by atoms with Crippen molar-refractivity contribution in [1.82, 2.24) is 10.6 Å². The van der Waals surface area contributed by atoms with Crippen LogP contribution in [0, 0.1) is 0 Å². The van der Waals surface area contributed by atoms with Crippen molar-refractivity contribution in [3.8, 4) is 5.75 Å². The van der Waals surface area contributed by atoms with E-state index in [-0.39, 0.29) is 6.04 Å². The molecule has 134 valence electrons. The van der Waals surface area contributed by atoms with Crippen LogP contribution in [0.25, 0.3) is 0 Å². The number of carbonyl (C=O) groups excluding carboxylic acids is 2. The predicted octanol–water partition coefficient (Wildman–Crippen LogP) is 2.55. The molecule has 6 nitrogen and oxygen atoms in total. The fourth-order valence-corrected chi connectivity index (χ4v) is 1.77. The van der Waals surface area contributed by atoms with E-state index in [1.807, 2.05) is 12.2 Å². The molecule has 0 radical (unpaired) electrons. The minimum Gasteiger partial charge on any atom is -0.494 e. The number of benzene rings is 1. The van der Waals surface area contributed by atoms with Gasteiger partial charge in [0, 0.05) is 0 Å². The second-order valence-corrected chi connectivity index (χ2v) is 4.84. The third-order valence-electron chi connectivity index (χ3n) is 2.81. The summed E-state index contributed by atoms with van der Waals surface area (Å²) in [6.07, 6.45) is -5.92. The fraction of sp³-hybridized carbons (Fsp3) is 0.467. The Morgan fingerprint density at radius 1 is 1.29 bits per heavy atom. The zero-order valence-corrected chi connectivity index (χ0v) is 13.3. The van der Waals surface area contributed by atoms with Crippen molar-refractivity contribution in [2.75, 3.05) is 19.8 Å². The van der Waals surface area contributed by atoms with Crippen LogP contribution in [0.2, 0.25) is 0 Å². The van der Waals surface area contributed by atoms with Gasteiger partial charge in [0.2, 0.25) is 5.91 Å². The number of alkyl halides is 3. The molecule has 1 aromatic rings. The summed E-state index contributed by atoms with van der Waals surface area (Å²) in [5.74, 6) is 0.0956. The maximum atomic E-state index is 11.9. The molecule has 0 spiro atoms. The fourth-order valence-electron chi connectivity index (χ4n) is 1.77. The van der Waals surface area contributed by atoms with Gasteiger partial charge in [0.25, 0.3) is 0 Å². The maximum absolute atomic E-state index is 11.9. The first-order valence-electron chi connectivity index (χ1n) is 7.20. The van der Waals surface area contributed by atoms with Gasteiger partial charge < -0.3 is 20.1 Å². The van der Waals surface area contributed by atoms with Crippen LogP contribution < -0.4 is 15.4 Å². The van der Waals surface area contributed by atoms with Crippen molar-refractivity contribution in [3.63, 3.8) is 0 Å². The highest BCUT2D eigenvalue weighted by molar-refractivity contribution is 5.82. The molecule has 0 saturated heterocycles. The molecule has 0 aliphatic rings. The lowest BCUT2D eigenvalue weighted by atomic mass is 10.1. The molecule has 1 unspecified atom stereocenters. The van der Waals surface area contributed by atoms with Crippen LogP contribution in [0.4, 0.5) is 18.0 Å². The molecular formula is C15H19F3N2O4. The first-order chi connectivity index (χ1) is 11.2. The van der Waals surface area contributed by atoms with Gasteiger partial charge in [-0.3, -0.25) is 4.79 Å². The number of carbonyl (C=O) groups is 2. The first kappa shape index (κ1) is 19.6. The van der Waals surface area contributed by atoms with Crippen LogP contribution in [0.3, 0.4) is 0 Å². The lowest BCUT2D eigenvalue weighted by Crippen LogP contribution is -2.39. The van der Waals surface area contributed by atoms with E-state index in [1.54, 1.807) is 31.2 Å². The highest BCUT2D eigenvalue weighted by atomic mass is 19.4. The number of hydrogen-bond donors (Lipinski definition) is 2. The quantitative estimate of drug-likeness (QED) is 0.794. The average Bonchev–Trinajstić information content (AvgIpc) is 2.51. The van der Waals surface area contributed by atoms with E-state index in [4.69, 9.17) is 4.74 Å². The van der Waals surface area contributed by atoms with Crippen molar-refractivity contribution in [2.24, 2.45) is 0 Å². The van der Waals surface area contributed by atoms with Crippen LogP contribution in [-0.4, -0.2) is 37.9 Å². The topological polar surface area (TPSA) is 76.7 Å². The molecule has 0 heterocycles. The zero-order valence-electron chi connectivity index (χ0n) is 13.3. The summed E-state index contributed by atoms with van der Waals surface area (Å²) in [5, 5.41) is 4.55. The van der Waals surface area contributed by atoms with Gasteiger partial charge in [-0.15, -0.1) is 0 Å². The lowest BCUT2D eigenvalue weighted by Gasteiger charge is -2.16. The molecular weight excluding hydrogens is 329 g/mol. The van der Waals surface area contributed by atoms with E-state index in [9.17, 15) is 22.8 Å². The van der Waals surface area contributed by atoms with Crippen molar-refractivity contribution in [2.45, 2.75) is 26.1 Å². The van der Waals surface area contributed by atoms with Crippen LogP contribution in [0.15, 0.2) is 24.3 Å². The molecule has 2 amide bonds. The Labute approximate surface area is 137 Å². The van der Waals surface area contributed by atoms with Gasteiger partial charge in [0.15, 0.2) is 6.61 Å². The molecule has 0 bridgehead atoms. The van der Waals surface area contributed by atoms with Gasteiger partial charge in [0.1, 0.15) is 12.3 Å². The standard InChI is InChI=1S/C15H19F3N2O4/c1-3-23-12-6-4-5-11(7-12)10(2)20-13(21)8-19-14(22)24-9-15(16,17)18/h4-7,10H,3,8-9H2,1-2H3,(H,19,22)(H,20,21). The van der Waals surface area contributed by atoms with Crippen LogP contribution in [0.5, 0.6) is 5.75 Å². The minimum atomic E-state index is -4.61. The normalized spacial score (nSPS) is 12.2. The third kappa shape index (κ3) is 7.70. The number of rotatable bonds is 7. The van der Waals surface area contributed by atoms with E-state index < -0.39 is 31.3 Å². The molecule has 0 aliphatic carbocycles. The number of nitrogens with one attached hydrogen (secondary N) is 2. The van der Waals surface area contributed by atoms with Gasteiger partial charge in [-0.25, -0.2) is 4.79 Å². The Morgan fingerprint density at radius 2 is 2.00 bits per heavy atom. The smallest absolute Gasteiger partial charge is 0.422 e. The highest BCUT2D eigenvalue weighted by Crippen LogP contribution is 2.19. The number of halogens is 3. The van der Waals surface area contributed by atoms with Gasteiger partial charge in [0.05, 0.1) is 12.6 Å². The van der Waals surface area contributed by atoms with Crippen LogP contribution >= 0.6 is 0 Å². The molecule has 0 fully saturated rings. The summed E-state index contributed by atoms with van der Waals surface area (Å²) < 4.78 is 44.9. The Hall–Kier alpha value is -2.45. The molecule has 1 rings (SSSR count). The van der Waals surface area contributed by atoms with Crippen molar-refractivity contribution < 1.29 is 32.2 Å². The van der Waals surface area contributed by atoms with Gasteiger partial charge in [-0.05, 0) is 31.5 Å². The van der Waals surface area contributed by atoms with Crippen molar-refractivity contribution in [1.29, 1.82) is 0 Å². The monoisotopic (exact) mass is 348 g/mol. The Morgan fingerprint density at radius 3 is 2.62 bits per heavy atom. The maximum Gasteiger partial charge on any atom is 0.422 e. The van der Waals surface area contributed by atoms with E-state index in [0.29, 0.717) is 12.4 Å². The first-order valence-corrected chi connectivity index (χ1v) is 7.20. The molecule has 0 aromatic heterocycles. The van der Waals surface area contributed by atoms with Gasteiger partial charge >= 0.3 is 12.3 Å². The second kappa shape index (κ2) is 8.99. The highest BCUT2D eigenvalue weighted by Gasteiger charge is 2.29. The minimum absolute atomic E-state index is 0.370. The number of hydrogen-bond acceptors (Lipinski definition) is 4. The molecule has 1 atom stereocenters. The number of alkyl carbamates (subject to hydrolysis) is 1. The Kier molecular flexibility index (Phi) is 7.34. The Bertz CT molecular complexity index is 564. The van der Waals surface area contributed by atoms with Gasteiger partial charge in [-0.2, -0.15) is 13.2 Å². The van der Waals surface area contributed by atoms with Crippen LogP contribution in [0.1, 0.15) is 25.5 Å². The lowest BCUT2D eigenvalue weighted by molar-refractivity contribution is -0.160. The summed E-state index contributed by atoms with van der Waals surface area (Å²) in [6.45, 7) is 1.88. The average molecular weight is 348 g/mol. The largest absolute Gasteiger partial charge is 0.494 e. The molecule has 0 aliphatic heterocycles. The summed E-state index contributed by atoms with van der Waals surface area (Å²) in [6, 6.07) is 6.74. The molecule has 0 saturated carbocycles. The summed E-state index contributed by atoms with van der Waals surface area (Å²) in [5.41, 5.74) is 0.786. The van der Waals surface area contributed by atoms with E-state index in [0.717, 1.165) is 5.56 Å². The zero-order chi connectivity index (χ0) is 18.2. The summed E-state index contributed by atoms with van der Waals surface area (Å²) >= 11 is 0. The van der Waals surface area contributed by atoms with E-state index in [1.165, 1.54) is 0 Å². The number of ether oxygens (including phenoxy) is 2. The predicted molar refractivity (Wildman–Crippen MR) is 79.6 cm³/mol.